The highest BCUT2D eigenvalue weighted by atomic mass is 35.5. The Morgan fingerprint density at radius 1 is 1.11 bits per heavy atom. The quantitative estimate of drug-likeness (QED) is 0.235. The highest BCUT2D eigenvalue weighted by Gasteiger charge is 2.27. The Hall–Kier alpha value is -4.53. The number of tetrazole rings is 1. The van der Waals surface area contributed by atoms with E-state index in [4.69, 9.17) is 32.7 Å². The lowest BCUT2D eigenvalue weighted by atomic mass is 10.1. The van der Waals surface area contributed by atoms with E-state index < -0.39 is 12.1 Å². The highest BCUT2D eigenvalue weighted by Crippen LogP contribution is 2.30. The molecular formula is C28H29Cl2N9O5. The molecule has 5 rings (SSSR count). The SMILES string of the molecule is CNC(=O)Oc1ccc(-c2nc([C@H](CC(=O)N3CCOCC3)NC(=O)CCc3cc(Cl)ccc3-n3cnnn3)[nH]c2Cl)cc1. The van der Waals surface area contributed by atoms with Crippen molar-refractivity contribution in [2.75, 3.05) is 33.4 Å². The molecule has 1 atom stereocenters. The van der Waals surface area contributed by atoms with Crippen LogP contribution in [-0.4, -0.2) is 86.3 Å². The molecule has 1 aliphatic heterocycles. The van der Waals surface area contributed by atoms with Crippen LogP contribution in [0.5, 0.6) is 5.75 Å². The van der Waals surface area contributed by atoms with Crippen LogP contribution in [0.1, 0.15) is 30.3 Å². The van der Waals surface area contributed by atoms with Crippen LogP contribution < -0.4 is 15.4 Å². The van der Waals surface area contributed by atoms with E-state index in [1.807, 2.05) is 0 Å². The first kappa shape index (κ1) is 30.9. The lowest BCUT2D eigenvalue weighted by Gasteiger charge is -2.28. The number of benzene rings is 2. The Labute approximate surface area is 262 Å². The van der Waals surface area contributed by atoms with Crippen molar-refractivity contribution in [1.82, 2.24) is 45.7 Å². The maximum absolute atomic E-state index is 13.3. The molecule has 0 saturated carbocycles. The van der Waals surface area contributed by atoms with Gasteiger partial charge in [0.1, 0.15) is 28.7 Å². The van der Waals surface area contributed by atoms with Crippen LogP contribution in [0.3, 0.4) is 0 Å². The smallest absolute Gasteiger partial charge is 0.410 e. The third-order valence-electron chi connectivity index (χ3n) is 6.89. The molecule has 16 heteroatoms. The number of rotatable bonds is 10. The van der Waals surface area contributed by atoms with E-state index in [2.05, 4.69) is 36.1 Å². The molecular weight excluding hydrogens is 613 g/mol. The summed E-state index contributed by atoms with van der Waals surface area (Å²) in [5.74, 6) is 0.198. The zero-order valence-corrected chi connectivity index (χ0v) is 25.1. The molecule has 0 spiro atoms. The third kappa shape index (κ3) is 7.70. The summed E-state index contributed by atoms with van der Waals surface area (Å²) in [6, 6.07) is 11.1. The van der Waals surface area contributed by atoms with Gasteiger partial charge in [0.25, 0.3) is 0 Å². The topological polar surface area (TPSA) is 169 Å². The Morgan fingerprint density at radius 2 is 1.89 bits per heavy atom. The van der Waals surface area contributed by atoms with Gasteiger partial charge in [-0.25, -0.2) is 14.5 Å². The van der Waals surface area contributed by atoms with Gasteiger partial charge in [-0.1, -0.05) is 23.2 Å². The zero-order valence-electron chi connectivity index (χ0n) is 23.6. The standard InChI is InChI=1S/C28H29Cl2N9O5/c1-31-28(42)44-20-6-2-17(3-7-20)25-26(30)35-27(34-25)21(15-24(41)38-10-12-43-13-11-38)33-23(40)9-4-18-14-19(29)5-8-22(18)39-16-32-36-37-39/h2-3,5-8,14,16,21H,4,9-13,15H2,1H3,(H,31,42)(H,33,40)(H,34,35)/t21-/m0/s1. The minimum Gasteiger partial charge on any atom is -0.410 e. The second-order valence-corrected chi connectivity index (χ2v) is 10.6. The van der Waals surface area contributed by atoms with E-state index in [-0.39, 0.29) is 29.8 Å². The number of imidazole rings is 1. The minimum atomic E-state index is -0.793. The van der Waals surface area contributed by atoms with Crippen LogP contribution in [0.4, 0.5) is 4.79 Å². The lowest BCUT2D eigenvalue weighted by Crippen LogP contribution is -2.42. The fourth-order valence-corrected chi connectivity index (χ4v) is 5.10. The first-order chi connectivity index (χ1) is 21.3. The van der Waals surface area contributed by atoms with Crippen molar-refractivity contribution >= 4 is 41.1 Å². The molecule has 14 nitrogen and oxygen atoms in total. The Bertz CT molecular complexity index is 1610. The summed E-state index contributed by atoms with van der Waals surface area (Å²) in [5.41, 5.74) is 2.52. The molecule has 1 fully saturated rings. The maximum Gasteiger partial charge on any atom is 0.412 e. The molecule has 4 aromatic rings. The average molecular weight is 643 g/mol. The van der Waals surface area contributed by atoms with E-state index in [1.54, 1.807) is 47.4 Å². The number of halogens is 2. The average Bonchev–Trinajstić information content (AvgIpc) is 3.71. The fraction of sp³-hybridized carbons (Fsp3) is 0.321. The predicted molar refractivity (Wildman–Crippen MR) is 160 cm³/mol. The first-order valence-electron chi connectivity index (χ1n) is 13.7. The van der Waals surface area contributed by atoms with Crippen molar-refractivity contribution in [1.29, 1.82) is 0 Å². The number of aromatic amines is 1. The molecule has 0 radical (unpaired) electrons. The van der Waals surface area contributed by atoms with E-state index in [9.17, 15) is 14.4 Å². The summed E-state index contributed by atoms with van der Waals surface area (Å²) in [6.45, 7) is 1.82. The number of aryl methyl sites for hydroxylation is 1. The molecule has 0 bridgehead atoms. The summed E-state index contributed by atoms with van der Waals surface area (Å²) < 4.78 is 12.0. The number of H-pyrrole nitrogens is 1. The number of nitrogens with zero attached hydrogens (tertiary/aromatic N) is 6. The maximum atomic E-state index is 13.3. The number of aromatic nitrogens is 6. The predicted octanol–water partition coefficient (Wildman–Crippen LogP) is 3.12. The molecule has 44 heavy (non-hydrogen) atoms. The van der Waals surface area contributed by atoms with Crippen LogP contribution in [0.15, 0.2) is 48.8 Å². The number of carbonyl (C=O) groups is 3. The van der Waals surface area contributed by atoms with E-state index in [0.29, 0.717) is 66.3 Å². The van der Waals surface area contributed by atoms with Crippen molar-refractivity contribution in [2.24, 2.45) is 0 Å². The lowest BCUT2D eigenvalue weighted by molar-refractivity contribution is -0.136. The number of amides is 3. The number of hydrogen-bond donors (Lipinski definition) is 3. The number of nitrogens with one attached hydrogen (secondary N) is 3. The summed E-state index contributed by atoms with van der Waals surface area (Å²) >= 11 is 12.8. The summed E-state index contributed by atoms with van der Waals surface area (Å²) in [4.78, 5) is 47.4. The fourth-order valence-electron chi connectivity index (χ4n) is 4.66. The van der Waals surface area contributed by atoms with E-state index in [0.717, 1.165) is 5.56 Å². The Morgan fingerprint density at radius 3 is 2.59 bits per heavy atom. The number of hydrogen-bond acceptors (Lipinski definition) is 9. The summed E-state index contributed by atoms with van der Waals surface area (Å²) in [7, 11) is 1.46. The van der Waals surface area contributed by atoms with Crippen LogP contribution in [0.25, 0.3) is 16.9 Å². The van der Waals surface area contributed by atoms with Crippen LogP contribution >= 0.6 is 23.2 Å². The van der Waals surface area contributed by atoms with Gasteiger partial charge >= 0.3 is 6.09 Å². The molecule has 1 saturated heterocycles. The summed E-state index contributed by atoms with van der Waals surface area (Å²) in [5, 5.41) is 17.4. The van der Waals surface area contributed by atoms with Gasteiger partial charge in [0, 0.05) is 37.1 Å². The monoisotopic (exact) mass is 641 g/mol. The molecule has 2 aromatic heterocycles. The van der Waals surface area contributed by atoms with Gasteiger partial charge in [-0.3, -0.25) is 9.59 Å². The number of ether oxygens (including phenoxy) is 2. The second kappa shape index (κ2) is 14.3. The molecule has 1 aliphatic rings. The van der Waals surface area contributed by atoms with Crippen molar-refractivity contribution in [3.63, 3.8) is 0 Å². The van der Waals surface area contributed by atoms with Gasteiger partial charge in [-0.05, 0) is 64.9 Å². The molecule has 3 heterocycles. The first-order valence-corrected chi connectivity index (χ1v) is 14.5. The Kier molecular flexibility index (Phi) is 10.0. The van der Waals surface area contributed by atoms with Gasteiger partial charge in [-0.2, -0.15) is 0 Å². The molecule has 230 valence electrons. The normalized spacial score (nSPS) is 13.8. The molecule has 2 aromatic carbocycles. The third-order valence-corrected chi connectivity index (χ3v) is 7.40. The van der Waals surface area contributed by atoms with Gasteiger partial charge in [-0.15, -0.1) is 5.10 Å². The van der Waals surface area contributed by atoms with Gasteiger partial charge in [0.2, 0.25) is 11.8 Å². The van der Waals surface area contributed by atoms with Crippen LogP contribution in [0.2, 0.25) is 10.2 Å². The van der Waals surface area contributed by atoms with Crippen molar-refractivity contribution in [2.45, 2.75) is 25.3 Å². The van der Waals surface area contributed by atoms with Gasteiger partial charge < -0.3 is 30.0 Å². The molecule has 3 N–H and O–H groups in total. The second-order valence-electron chi connectivity index (χ2n) is 9.79. The van der Waals surface area contributed by atoms with Gasteiger partial charge in [0.15, 0.2) is 0 Å². The largest absolute Gasteiger partial charge is 0.412 e. The molecule has 0 unspecified atom stereocenters. The van der Waals surface area contributed by atoms with Crippen molar-refractivity contribution < 1.29 is 23.9 Å². The van der Waals surface area contributed by atoms with E-state index >= 15 is 0 Å². The molecule has 3 amide bonds. The van der Waals surface area contributed by atoms with Crippen LogP contribution in [0, 0.1) is 0 Å². The van der Waals surface area contributed by atoms with Crippen LogP contribution in [-0.2, 0) is 20.7 Å². The summed E-state index contributed by atoms with van der Waals surface area (Å²) in [6.07, 6.45) is 1.25. The van der Waals surface area contributed by atoms with Crippen molar-refractivity contribution in [3.8, 4) is 22.7 Å². The number of carbonyl (C=O) groups excluding carboxylic acids is 3. The highest BCUT2D eigenvalue weighted by molar-refractivity contribution is 6.32. The van der Waals surface area contributed by atoms with E-state index in [1.165, 1.54) is 18.1 Å². The van der Waals surface area contributed by atoms with Crippen molar-refractivity contribution in [3.05, 3.63) is 70.4 Å². The Balaban J connectivity index is 1.34. The molecule has 0 aliphatic carbocycles. The number of morpholine rings is 1. The minimum absolute atomic E-state index is 0.0407. The van der Waals surface area contributed by atoms with Gasteiger partial charge in [0.05, 0.1) is 31.4 Å². The zero-order chi connectivity index (χ0) is 31.1.